The van der Waals surface area contributed by atoms with Gasteiger partial charge in [-0.2, -0.15) is 0 Å². The number of fused-ring (bicyclic) bond motifs is 2. The normalized spacial score (nSPS) is 19.6. The van der Waals surface area contributed by atoms with Crippen molar-refractivity contribution in [1.29, 1.82) is 0 Å². The van der Waals surface area contributed by atoms with E-state index in [0.29, 0.717) is 35.0 Å². The number of nitrogens with one attached hydrogen (secondary N) is 1. The zero-order valence-electron chi connectivity index (χ0n) is 19.9. The van der Waals surface area contributed by atoms with E-state index >= 15 is 0 Å². The first-order valence-electron chi connectivity index (χ1n) is 11.2. The lowest BCUT2D eigenvalue weighted by Crippen LogP contribution is -2.49. The van der Waals surface area contributed by atoms with Crippen molar-refractivity contribution in [2.24, 2.45) is 5.92 Å². The van der Waals surface area contributed by atoms with Gasteiger partial charge in [-0.15, -0.1) is 0 Å². The fraction of sp³-hybridized carbons (Fsp3) is 0.400. The van der Waals surface area contributed by atoms with Gasteiger partial charge >= 0.3 is 12.1 Å². The molecule has 2 aliphatic rings. The smallest absolute Gasteiger partial charge is 0.408 e. The highest BCUT2D eigenvalue weighted by Crippen LogP contribution is 2.41. The number of esters is 1. The Bertz CT molecular complexity index is 1130. The molecule has 10 nitrogen and oxygen atoms in total. The van der Waals surface area contributed by atoms with E-state index < -0.39 is 36.1 Å². The van der Waals surface area contributed by atoms with Crippen LogP contribution in [0.2, 0.25) is 0 Å². The third-order valence-electron chi connectivity index (χ3n) is 6.14. The first kappa shape index (κ1) is 24.2. The summed E-state index contributed by atoms with van der Waals surface area (Å²) in [6, 6.07) is 8.92. The zero-order chi connectivity index (χ0) is 25.1. The average Bonchev–Trinajstić information content (AvgIpc) is 3.35. The molecule has 4 atom stereocenters. The maximum atomic E-state index is 13.5. The topological polar surface area (TPSA) is 119 Å². The Hall–Kier alpha value is -3.95. The van der Waals surface area contributed by atoms with Crippen LogP contribution in [-0.4, -0.2) is 51.0 Å². The van der Waals surface area contributed by atoms with E-state index in [2.05, 4.69) is 5.32 Å². The first-order valence-corrected chi connectivity index (χ1v) is 11.2. The first-order chi connectivity index (χ1) is 16.9. The average molecular weight is 485 g/mol. The molecule has 2 aromatic carbocycles. The van der Waals surface area contributed by atoms with Gasteiger partial charge in [0.2, 0.25) is 18.7 Å². The predicted molar refractivity (Wildman–Crippen MR) is 122 cm³/mol. The van der Waals surface area contributed by atoms with E-state index in [4.69, 9.17) is 28.4 Å². The van der Waals surface area contributed by atoms with Gasteiger partial charge in [-0.3, -0.25) is 4.79 Å². The van der Waals surface area contributed by atoms with Crippen LogP contribution in [0.4, 0.5) is 4.79 Å². The van der Waals surface area contributed by atoms with Crippen LogP contribution in [0.15, 0.2) is 36.4 Å². The number of carbonyl (C=O) groups excluding carboxylic acids is 3. The molecule has 4 rings (SSSR count). The molecule has 0 bridgehead atoms. The Morgan fingerprint density at radius 2 is 1.86 bits per heavy atom. The highest BCUT2D eigenvalue weighted by Gasteiger charge is 2.42. The van der Waals surface area contributed by atoms with E-state index in [1.54, 1.807) is 43.3 Å². The highest BCUT2D eigenvalue weighted by atomic mass is 16.7. The van der Waals surface area contributed by atoms with Crippen LogP contribution in [0.25, 0.3) is 0 Å². The summed E-state index contributed by atoms with van der Waals surface area (Å²) in [7, 11) is 2.75. The number of carbonyl (C=O) groups is 3. The lowest BCUT2D eigenvalue weighted by molar-refractivity contribution is -0.144. The van der Waals surface area contributed by atoms with Gasteiger partial charge in [0.1, 0.15) is 17.5 Å². The Labute approximate surface area is 202 Å². The summed E-state index contributed by atoms with van der Waals surface area (Å²) >= 11 is 0. The summed E-state index contributed by atoms with van der Waals surface area (Å²) < 4.78 is 32.6. The molecule has 10 heteroatoms. The second kappa shape index (κ2) is 10.1. The van der Waals surface area contributed by atoms with Crippen LogP contribution < -0.4 is 24.3 Å². The molecule has 2 aliphatic heterocycles. The lowest BCUT2D eigenvalue weighted by atomic mass is 9.93. The Kier molecular flexibility index (Phi) is 6.99. The molecule has 0 saturated carbocycles. The summed E-state index contributed by atoms with van der Waals surface area (Å²) in [5.41, 5.74) is 0.785. The van der Waals surface area contributed by atoms with E-state index in [9.17, 15) is 14.4 Å². The molecule has 186 valence electrons. The largest absolute Gasteiger partial charge is 0.497 e. The van der Waals surface area contributed by atoms with Crippen molar-refractivity contribution in [3.05, 3.63) is 47.5 Å². The fourth-order valence-corrected chi connectivity index (χ4v) is 3.94. The molecule has 0 saturated heterocycles. The van der Waals surface area contributed by atoms with Crippen molar-refractivity contribution < 1.29 is 42.8 Å². The van der Waals surface area contributed by atoms with Crippen molar-refractivity contribution in [1.82, 2.24) is 5.32 Å². The predicted octanol–water partition coefficient (Wildman–Crippen LogP) is 3.42. The number of rotatable bonds is 7. The van der Waals surface area contributed by atoms with E-state index in [0.717, 1.165) is 0 Å². The molecule has 2 aromatic rings. The number of ketones is 1. The number of methoxy groups -OCH3 is 2. The SMILES string of the molecule is CC[C@H](C)[C@@H](NC(=O)O[C@H]1C(=O)c2ccc(OC)cc2O[C@@H]1c1ccc2c(c1)OCO2)C(=O)OC. The Balaban J connectivity index is 1.65. The number of benzene rings is 2. The van der Waals surface area contributed by atoms with E-state index in [-0.39, 0.29) is 18.3 Å². The lowest BCUT2D eigenvalue weighted by Gasteiger charge is -2.33. The number of Topliss-reactive ketones (excluding diaryl/α,β-unsaturated/α-hetero) is 1. The molecule has 0 unspecified atom stereocenters. The monoisotopic (exact) mass is 485 g/mol. The van der Waals surface area contributed by atoms with Crippen LogP contribution in [0, 0.1) is 5.92 Å². The molecule has 35 heavy (non-hydrogen) atoms. The number of amides is 1. The summed E-state index contributed by atoms with van der Waals surface area (Å²) in [5, 5.41) is 2.53. The molecular weight excluding hydrogens is 458 g/mol. The third kappa shape index (κ3) is 4.82. The van der Waals surface area contributed by atoms with Crippen molar-refractivity contribution in [3.63, 3.8) is 0 Å². The van der Waals surface area contributed by atoms with Crippen molar-refractivity contribution in [2.45, 2.75) is 38.5 Å². The summed E-state index contributed by atoms with van der Waals surface area (Å²) in [6.45, 7) is 3.76. The molecule has 2 heterocycles. The van der Waals surface area contributed by atoms with Crippen molar-refractivity contribution in [2.75, 3.05) is 21.0 Å². The molecule has 0 aliphatic carbocycles. The maximum absolute atomic E-state index is 13.5. The molecule has 0 spiro atoms. The maximum Gasteiger partial charge on any atom is 0.408 e. The van der Waals surface area contributed by atoms with Gasteiger partial charge in [0.25, 0.3) is 0 Å². The number of hydrogen-bond acceptors (Lipinski definition) is 9. The molecule has 1 amide bonds. The Morgan fingerprint density at radius 1 is 1.09 bits per heavy atom. The quantitative estimate of drug-likeness (QED) is 0.589. The second-order valence-corrected chi connectivity index (χ2v) is 8.23. The van der Waals surface area contributed by atoms with Crippen LogP contribution in [-0.2, 0) is 14.3 Å². The fourth-order valence-electron chi connectivity index (χ4n) is 3.94. The minimum Gasteiger partial charge on any atom is -0.497 e. The van der Waals surface area contributed by atoms with Crippen LogP contribution >= 0.6 is 0 Å². The molecule has 0 aromatic heterocycles. The summed E-state index contributed by atoms with van der Waals surface area (Å²) in [5.74, 6) is 0.573. The summed E-state index contributed by atoms with van der Waals surface area (Å²) in [4.78, 5) is 38.5. The minimum absolute atomic E-state index is 0.0795. The van der Waals surface area contributed by atoms with Gasteiger partial charge in [0.05, 0.1) is 19.8 Å². The van der Waals surface area contributed by atoms with Gasteiger partial charge in [0, 0.05) is 11.6 Å². The number of hydrogen-bond donors (Lipinski definition) is 1. The van der Waals surface area contributed by atoms with Crippen molar-refractivity contribution in [3.8, 4) is 23.0 Å². The molecular formula is C25H27NO9. The second-order valence-electron chi connectivity index (χ2n) is 8.23. The number of ether oxygens (including phenoxy) is 6. The zero-order valence-corrected chi connectivity index (χ0v) is 19.9. The van der Waals surface area contributed by atoms with Gasteiger partial charge in [0.15, 0.2) is 17.6 Å². The molecule has 0 fully saturated rings. The van der Waals surface area contributed by atoms with Gasteiger partial charge < -0.3 is 33.7 Å². The van der Waals surface area contributed by atoms with E-state index in [1.807, 2.05) is 6.92 Å². The Morgan fingerprint density at radius 3 is 2.57 bits per heavy atom. The van der Waals surface area contributed by atoms with Crippen LogP contribution in [0.1, 0.15) is 42.3 Å². The third-order valence-corrected chi connectivity index (χ3v) is 6.14. The standard InChI is InChI=1S/C25H27NO9/c1-5-13(2)20(24(28)31-4)26-25(29)35-23-21(27)16-8-7-15(30-3)11-18(16)34-22(23)14-6-9-17-19(10-14)33-12-32-17/h6-11,13,20,22-23H,5,12H2,1-4H3,(H,26,29)/t13-,20+,22+,23-/m0/s1. The van der Waals surface area contributed by atoms with Crippen LogP contribution in [0.3, 0.4) is 0 Å². The number of alkyl carbamates (subject to hydrolysis) is 1. The van der Waals surface area contributed by atoms with Gasteiger partial charge in [-0.1, -0.05) is 26.3 Å². The van der Waals surface area contributed by atoms with Gasteiger partial charge in [-0.05, 0) is 30.2 Å². The summed E-state index contributed by atoms with van der Waals surface area (Å²) in [6.07, 6.45) is -2.64. The molecule has 0 radical (unpaired) electrons. The molecule has 1 N–H and O–H groups in total. The van der Waals surface area contributed by atoms with E-state index in [1.165, 1.54) is 14.2 Å². The van der Waals surface area contributed by atoms with Crippen molar-refractivity contribution >= 4 is 17.8 Å². The minimum atomic E-state index is -1.33. The van der Waals surface area contributed by atoms with Gasteiger partial charge in [-0.25, -0.2) is 9.59 Å². The highest BCUT2D eigenvalue weighted by molar-refractivity contribution is 6.04. The van der Waals surface area contributed by atoms with Crippen LogP contribution in [0.5, 0.6) is 23.0 Å².